The number of benzene rings is 1. The minimum Gasteiger partial charge on any atom is -0.461 e. The second kappa shape index (κ2) is 4.87. The van der Waals surface area contributed by atoms with Crippen LogP contribution in [0.25, 0.3) is 11.0 Å². The van der Waals surface area contributed by atoms with E-state index in [1.165, 1.54) is 10.9 Å². The molecule has 2 nitrogen and oxygen atoms in total. The Morgan fingerprint density at radius 3 is 2.94 bits per heavy atom. The second-order valence-corrected chi connectivity index (χ2v) is 3.66. The molecular formula is C14H15NO. The SMILES string of the molecule is C#CCNCc1c(CC)oc2ccccc12. The Kier molecular flexibility index (Phi) is 3.28. The first-order valence-corrected chi connectivity index (χ1v) is 5.50. The van der Waals surface area contributed by atoms with Gasteiger partial charge < -0.3 is 9.73 Å². The largest absolute Gasteiger partial charge is 0.461 e. The quantitative estimate of drug-likeness (QED) is 0.624. The van der Waals surface area contributed by atoms with Crippen LogP contribution in [0.4, 0.5) is 0 Å². The number of terminal acetylenes is 1. The molecule has 82 valence electrons. The number of aryl methyl sites for hydroxylation is 1. The summed E-state index contributed by atoms with van der Waals surface area (Å²) in [5.74, 6) is 3.62. The van der Waals surface area contributed by atoms with Crippen LogP contribution in [0.2, 0.25) is 0 Å². The van der Waals surface area contributed by atoms with Crippen LogP contribution in [0, 0.1) is 12.3 Å². The Labute approximate surface area is 95.6 Å². The topological polar surface area (TPSA) is 25.2 Å². The van der Waals surface area contributed by atoms with E-state index in [-0.39, 0.29) is 0 Å². The molecule has 0 bridgehead atoms. The third kappa shape index (κ3) is 1.95. The van der Waals surface area contributed by atoms with Gasteiger partial charge >= 0.3 is 0 Å². The van der Waals surface area contributed by atoms with Crippen molar-refractivity contribution in [1.29, 1.82) is 0 Å². The summed E-state index contributed by atoms with van der Waals surface area (Å²) >= 11 is 0. The average Bonchev–Trinajstić information content (AvgIpc) is 2.68. The Bertz CT molecular complexity index is 519. The number of fused-ring (bicyclic) bond motifs is 1. The maximum Gasteiger partial charge on any atom is 0.134 e. The number of hydrogen-bond acceptors (Lipinski definition) is 2. The van der Waals surface area contributed by atoms with E-state index in [0.29, 0.717) is 6.54 Å². The second-order valence-electron chi connectivity index (χ2n) is 3.66. The van der Waals surface area contributed by atoms with Crippen LogP contribution in [-0.2, 0) is 13.0 Å². The van der Waals surface area contributed by atoms with E-state index in [2.05, 4.69) is 24.2 Å². The third-order valence-electron chi connectivity index (χ3n) is 2.63. The van der Waals surface area contributed by atoms with Crippen molar-refractivity contribution in [3.63, 3.8) is 0 Å². The van der Waals surface area contributed by atoms with E-state index < -0.39 is 0 Å². The van der Waals surface area contributed by atoms with Gasteiger partial charge in [0.1, 0.15) is 11.3 Å². The molecule has 0 aliphatic rings. The number of nitrogens with one attached hydrogen (secondary N) is 1. The highest BCUT2D eigenvalue weighted by Crippen LogP contribution is 2.25. The van der Waals surface area contributed by atoms with E-state index in [9.17, 15) is 0 Å². The smallest absolute Gasteiger partial charge is 0.134 e. The number of hydrogen-bond donors (Lipinski definition) is 1. The number of furan rings is 1. The van der Waals surface area contributed by atoms with E-state index in [4.69, 9.17) is 10.8 Å². The van der Waals surface area contributed by atoms with E-state index in [1.54, 1.807) is 0 Å². The van der Waals surface area contributed by atoms with Gasteiger partial charge in [-0.15, -0.1) is 6.42 Å². The van der Waals surface area contributed by atoms with Crippen molar-refractivity contribution in [2.24, 2.45) is 0 Å². The first-order valence-electron chi connectivity index (χ1n) is 5.50. The van der Waals surface area contributed by atoms with Gasteiger partial charge in [0.2, 0.25) is 0 Å². The monoisotopic (exact) mass is 213 g/mol. The van der Waals surface area contributed by atoms with Crippen LogP contribution >= 0.6 is 0 Å². The summed E-state index contributed by atoms with van der Waals surface area (Å²) in [6, 6.07) is 8.11. The number of rotatable bonds is 4. The maximum atomic E-state index is 5.79. The van der Waals surface area contributed by atoms with E-state index in [0.717, 1.165) is 24.3 Å². The molecule has 0 radical (unpaired) electrons. The van der Waals surface area contributed by atoms with Crippen LogP contribution in [0.5, 0.6) is 0 Å². The predicted octanol–water partition coefficient (Wildman–Crippen LogP) is 2.72. The van der Waals surface area contributed by atoms with Crippen LogP contribution in [0.15, 0.2) is 28.7 Å². The van der Waals surface area contributed by atoms with Gasteiger partial charge in [-0.25, -0.2) is 0 Å². The van der Waals surface area contributed by atoms with Gasteiger partial charge in [0.25, 0.3) is 0 Å². The first-order chi connectivity index (χ1) is 7.86. The molecule has 0 saturated heterocycles. The Hall–Kier alpha value is -1.72. The van der Waals surface area contributed by atoms with Crippen LogP contribution in [-0.4, -0.2) is 6.54 Å². The summed E-state index contributed by atoms with van der Waals surface area (Å²) in [6.07, 6.45) is 6.12. The summed E-state index contributed by atoms with van der Waals surface area (Å²) in [4.78, 5) is 0. The zero-order valence-electron chi connectivity index (χ0n) is 9.42. The van der Waals surface area contributed by atoms with Gasteiger partial charge in [-0.1, -0.05) is 31.0 Å². The molecule has 0 aliphatic heterocycles. The molecular weight excluding hydrogens is 198 g/mol. The fourth-order valence-electron chi connectivity index (χ4n) is 1.89. The summed E-state index contributed by atoms with van der Waals surface area (Å²) in [6.45, 7) is 3.45. The Morgan fingerprint density at radius 2 is 2.19 bits per heavy atom. The molecule has 2 rings (SSSR count). The molecule has 0 spiro atoms. The van der Waals surface area contributed by atoms with Crippen molar-refractivity contribution < 1.29 is 4.42 Å². The fraction of sp³-hybridized carbons (Fsp3) is 0.286. The van der Waals surface area contributed by atoms with Crippen LogP contribution in [0.1, 0.15) is 18.2 Å². The molecule has 0 fully saturated rings. The molecule has 1 aromatic carbocycles. The van der Waals surface area contributed by atoms with Gasteiger partial charge in [0.05, 0.1) is 6.54 Å². The van der Waals surface area contributed by atoms with Gasteiger partial charge in [0, 0.05) is 23.9 Å². The predicted molar refractivity (Wildman–Crippen MR) is 66.1 cm³/mol. The third-order valence-corrected chi connectivity index (χ3v) is 2.63. The zero-order chi connectivity index (χ0) is 11.4. The molecule has 0 amide bonds. The van der Waals surface area contributed by atoms with Gasteiger partial charge in [-0.2, -0.15) is 0 Å². The molecule has 2 aromatic rings. The van der Waals surface area contributed by atoms with E-state index in [1.807, 2.05) is 18.2 Å². The molecule has 0 aliphatic carbocycles. The number of para-hydroxylation sites is 1. The highest BCUT2D eigenvalue weighted by Gasteiger charge is 2.11. The molecule has 1 N–H and O–H groups in total. The molecule has 16 heavy (non-hydrogen) atoms. The molecule has 1 aromatic heterocycles. The maximum absolute atomic E-state index is 5.79. The Balaban J connectivity index is 2.36. The lowest BCUT2D eigenvalue weighted by molar-refractivity contribution is 0.546. The molecule has 0 atom stereocenters. The summed E-state index contributed by atoms with van der Waals surface area (Å²) in [5, 5.41) is 4.39. The zero-order valence-corrected chi connectivity index (χ0v) is 9.42. The van der Waals surface area contributed by atoms with Gasteiger partial charge in [-0.3, -0.25) is 0 Å². The molecule has 0 unspecified atom stereocenters. The van der Waals surface area contributed by atoms with Gasteiger partial charge in [0.15, 0.2) is 0 Å². The normalized spacial score (nSPS) is 10.5. The van der Waals surface area contributed by atoms with Gasteiger partial charge in [-0.05, 0) is 6.07 Å². The van der Waals surface area contributed by atoms with E-state index >= 15 is 0 Å². The molecule has 2 heteroatoms. The summed E-state index contributed by atoms with van der Waals surface area (Å²) < 4.78 is 5.79. The average molecular weight is 213 g/mol. The summed E-state index contributed by atoms with van der Waals surface area (Å²) in [5.41, 5.74) is 2.19. The lowest BCUT2D eigenvalue weighted by Crippen LogP contribution is -2.13. The Morgan fingerprint density at radius 1 is 1.38 bits per heavy atom. The molecule has 1 heterocycles. The van der Waals surface area contributed by atoms with Crippen molar-refractivity contribution in [2.75, 3.05) is 6.54 Å². The van der Waals surface area contributed by atoms with Crippen LogP contribution in [0.3, 0.4) is 0 Å². The van der Waals surface area contributed by atoms with Crippen molar-refractivity contribution in [3.05, 3.63) is 35.6 Å². The van der Waals surface area contributed by atoms with Crippen molar-refractivity contribution in [1.82, 2.24) is 5.32 Å². The minimum atomic E-state index is 0.586. The summed E-state index contributed by atoms with van der Waals surface area (Å²) in [7, 11) is 0. The first kappa shape index (κ1) is 10.8. The lowest BCUT2D eigenvalue weighted by Gasteiger charge is -2.01. The lowest BCUT2D eigenvalue weighted by atomic mass is 10.1. The highest BCUT2D eigenvalue weighted by molar-refractivity contribution is 5.82. The van der Waals surface area contributed by atoms with Crippen molar-refractivity contribution >= 4 is 11.0 Å². The van der Waals surface area contributed by atoms with Crippen molar-refractivity contribution in [3.8, 4) is 12.3 Å². The van der Waals surface area contributed by atoms with Crippen LogP contribution < -0.4 is 5.32 Å². The standard InChI is InChI=1S/C14H15NO/c1-3-9-15-10-12-11-7-5-6-8-14(11)16-13(12)4-2/h1,5-8,15H,4,9-10H2,2H3. The molecule has 0 saturated carbocycles. The fourth-order valence-corrected chi connectivity index (χ4v) is 1.89. The highest BCUT2D eigenvalue weighted by atomic mass is 16.3. The minimum absolute atomic E-state index is 0.586. The van der Waals surface area contributed by atoms with Crippen molar-refractivity contribution in [2.45, 2.75) is 19.9 Å².